The lowest BCUT2D eigenvalue weighted by atomic mass is 9.74. The maximum absolute atomic E-state index is 14.9. The van der Waals surface area contributed by atoms with Crippen molar-refractivity contribution in [1.29, 1.82) is 0 Å². The number of halogens is 2. The lowest BCUT2D eigenvalue weighted by molar-refractivity contribution is 0.227. The first-order chi connectivity index (χ1) is 17.1. The summed E-state index contributed by atoms with van der Waals surface area (Å²) < 4.78 is 14.9. The Balaban J connectivity index is 1.27. The Bertz CT molecular complexity index is 901. The van der Waals surface area contributed by atoms with Gasteiger partial charge in [-0.25, -0.2) is 4.39 Å². The maximum atomic E-state index is 14.9. The van der Waals surface area contributed by atoms with Crippen LogP contribution in [0.2, 0.25) is 5.02 Å². The molecule has 2 aliphatic carbocycles. The molecule has 0 aromatic heterocycles. The van der Waals surface area contributed by atoms with Crippen molar-refractivity contribution >= 4 is 11.6 Å². The van der Waals surface area contributed by atoms with Crippen LogP contribution in [0.25, 0.3) is 11.1 Å². The van der Waals surface area contributed by atoms with Gasteiger partial charge in [-0.15, -0.1) is 0 Å². The average molecular weight is 497 g/mol. The Morgan fingerprint density at radius 1 is 0.743 bits per heavy atom. The summed E-state index contributed by atoms with van der Waals surface area (Å²) in [6.45, 7) is 4.53. The largest absolute Gasteiger partial charge is 0.205 e. The summed E-state index contributed by atoms with van der Waals surface area (Å²) in [5.41, 5.74) is 4.02. The molecule has 2 saturated carbocycles. The quantitative estimate of drug-likeness (QED) is 0.287. The minimum absolute atomic E-state index is 0.235. The molecule has 2 heteroatoms. The zero-order chi connectivity index (χ0) is 24.6. The lowest BCUT2D eigenvalue weighted by Gasteiger charge is -2.32. The standard InChI is InChI=1S/C33H46ClF/c1-3-5-6-7-30-22-23-31(32(34)33(30)35)29-20-18-28(19-21-29)27-16-14-26(15-17-27)13-12-25-10-8-24(4-2)9-11-25/h18-27H,3-17H2,1-2H3. The van der Waals surface area contributed by atoms with Crippen molar-refractivity contribution in [3.05, 3.63) is 58.4 Å². The third-order valence-corrected chi connectivity index (χ3v) is 9.65. The first-order valence-corrected chi connectivity index (χ1v) is 15.0. The molecule has 2 aromatic carbocycles. The maximum Gasteiger partial charge on any atom is 0.145 e. The Morgan fingerprint density at radius 2 is 1.34 bits per heavy atom. The Hall–Kier alpha value is -1.34. The van der Waals surface area contributed by atoms with E-state index in [0.29, 0.717) is 5.92 Å². The highest BCUT2D eigenvalue weighted by molar-refractivity contribution is 6.33. The van der Waals surface area contributed by atoms with Crippen LogP contribution in [0, 0.1) is 23.6 Å². The van der Waals surface area contributed by atoms with Crippen molar-refractivity contribution < 1.29 is 4.39 Å². The van der Waals surface area contributed by atoms with E-state index in [0.717, 1.165) is 60.1 Å². The van der Waals surface area contributed by atoms with Gasteiger partial charge in [0.2, 0.25) is 0 Å². The fourth-order valence-electron chi connectivity index (χ4n) is 6.69. The molecule has 0 amide bonds. The molecule has 0 bridgehead atoms. The molecule has 0 N–H and O–H groups in total. The number of benzene rings is 2. The molecule has 2 aliphatic rings. The minimum atomic E-state index is -0.235. The molecule has 4 rings (SSSR count). The second-order valence-corrected chi connectivity index (χ2v) is 11.9. The first kappa shape index (κ1) is 26.7. The van der Waals surface area contributed by atoms with Crippen molar-refractivity contribution in [2.24, 2.45) is 17.8 Å². The molecule has 35 heavy (non-hydrogen) atoms. The predicted molar refractivity (Wildman–Crippen MR) is 150 cm³/mol. The fraction of sp³-hybridized carbons (Fsp3) is 0.636. The normalized spacial score (nSPS) is 25.0. The second kappa shape index (κ2) is 13.3. The monoisotopic (exact) mass is 496 g/mol. The van der Waals surface area contributed by atoms with E-state index in [1.807, 2.05) is 12.1 Å². The van der Waals surface area contributed by atoms with Gasteiger partial charge in [-0.1, -0.05) is 120 Å². The van der Waals surface area contributed by atoms with Crippen molar-refractivity contribution in [2.75, 3.05) is 0 Å². The van der Waals surface area contributed by atoms with Crippen LogP contribution < -0.4 is 0 Å². The van der Waals surface area contributed by atoms with Gasteiger partial charge in [0.15, 0.2) is 0 Å². The van der Waals surface area contributed by atoms with Crippen LogP contribution >= 0.6 is 11.6 Å². The van der Waals surface area contributed by atoms with Crippen LogP contribution in [0.5, 0.6) is 0 Å². The van der Waals surface area contributed by atoms with Crippen molar-refractivity contribution in [3.63, 3.8) is 0 Å². The number of aryl methyl sites for hydroxylation is 1. The number of unbranched alkanes of at least 4 members (excludes halogenated alkanes) is 2. The zero-order valence-electron chi connectivity index (χ0n) is 22.1. The van der Waals surface area contributed by atoms with E-state index >= 15 is 0 Å². The van der Waals surface area contributed by atoms with Gasteiger partial charge in [-0.05, 0) is 78.9 Å². The molecule has 0 aliphatic heterocycles. The SMILES string of the molecule is CCCCCc1ccc(-c2ccc(C3CCC(CCC4CCC(CC)CC4)CC3)cc2)c(Cl)c1F. The van der Waals surface area contributed by atoms with E-state index in [1.165, 1.54) is 76.2 Å². The van der Waals surface area contributed by atoms with E-state index in [-0.39, 0.29) is 10.8 Å². The Morgan fingerprint density at radius 3 is 1.94 bits per heavy atom. The van der Waals surface area contributed by atoms with Crippen LogP contribution in [0.1, 0.15) is 121 Å². The second-order valence-electron chi connectivity index (χ2n) is 11.6. The Kier molecular flexibility index (Phi) is 10.1. The third-order valence-electron chi connectivity index (χ3n) is 9.28. The van der Waals surface area contributed by atoms with E-state index < -0.39 is 0 Å². The summed E-state index contributed by atoms with van der Waals surface area (Å²) in [6.07, 6.45) is 19.7. The molecule has 0 spiro atoms. The molecule has 0 atom stereocenters. The van der Waals surface area contributed by atoms with Crippen LogP contribution in [0.3, 0.4) is 0 Å². The Labute approximate surface area is 219 Å². The van der Waals surface area contributed by atoms with Crippen LogP contribution in [0.4, 0.5) is 4.39 Å². The molecule has 0 heterocycles. The van der Waals surface area contributed by atoms with Crippen molar-refractivity contribution in [3.8, 4) is 11.1 Å². The summed E-state index contributed by atoms with van der Waals surface area (Å²) in [6, 6.07) is 12.7. The summed E-state index contributed by atoms with van der Waals surface area (Å²) in [5.74, 6) is 3.39. The highest BCUT2D eigenvalue weighted by Gasteiger charge is 2.25. The molecule has 0 radical (unpaired) electrons. The predicted octanol–water partition coefficient (Wildman–Crippen LogP) is 11.1. The topological polar surface area (TPSA) is 0 Å². The fourth-order valence-corrected chi connectivity index (χ4v) is 6.98. The van der Waals surface area contributed by atoms with Gasteiger partial charge in [0.25, 0.3) is 0 Å². The van der Waals surface area contributed by atoms with Gasteiger partial charge >= 0.3 is 0 Å². The van der Waals surface area contributed by atoms with Gasteiger partial charge in [0.05, 0.1) is 5.02 Å². The summed E-state index contributed by atoms with van der Waals surface area (Å²) in [5, 5.41) is 0.274. The van der Waals surface area contributed by atoms with Gasteiger partial charge in [0, 0.05) is 5.56 Å². The van der Waals surface area contributed by atoms with Gasteiger partial charge in [-0.2, -0.15) is 0 Å². The average Bonchev–Trinajstić information content (AvgIpc) is 2.91. The van der Waals surface area contributed by atoms with Crippen molar-refractivity contribution in [2.45, 2.75) is 116 Å². The van der Waals surface area contributed by atoms with Crippen LogP contribution in [0.15, 0.2) is 36.4 Å². The highest BCUT2D eigenvalue weighted by Crippen LogP contribution is 2.41. The number of hydrogen-bond donors (Lipinski definition) is 0. The lowest BCUT2D eigenvalue weighted by Crippen LogP contribution is -2.17. The molecule has 2 fully saturated rings. The molecule has 192 valence electrons. The molecule has 0 nitrogen and oxygen atoms in total. The van der Waals surface area contributed by atoms with E-state index in [9.17, 15) is 4.39 Å². The molecular weight excluding hydrogens is 451 g/mol. The molecule has 2 aromatic rings. The summed E-state index contributed by atoms with van der Waals surface area (Å²) in [4.78, 5) is 0. The first-order valence-electron chi connectivity index (χ1n) is 14.7. The van der Waals surface area contributed by atoms with Gasteiger partial charge in [-0.3, -0.25) is 0 Å². The molecular formula is C33H46ClF. The smallest absolute Gasteiger partial charge is 0.145 e. The van der Waals surface area contributed by atoms with E-state index in [1.54, 1.807) is 0 Å². The minimum Gasteiger partial charge on any atom is -0.205 e. The van der Waals surface area contributed by atoms with Crippen molar-refractivity contribution in [1.82, 2.24) is 0 Å². The van der Waals surface area contributed by atoms with Crippen LogP contribution in [-0.4, -0.2) is 0 Å². The zero-order valence-corrected chi connectivity index (χ0v) is 22.9. The van der Waals surface area contributed by atoms with Gasteiger partial charge in [0.1, 0.15) is 5.82 Å². The highest BCUT2D eigenvalue weighted by atomic mass is 35.5. The summed E-state index contributed by atoms with van der Waals surface area (Å²) >= 11 is 6.48. The number of rotatable bonds is 10. The molecule has 0 unspecified atom stereocenters. The molecule has 0 saturated heterocycles. The van der Waals surface area contributed by atoms with Crippen LogP contribution in [-0.2, 0) is 6.42 Å². The third kappa shape index (κ3) is 7.12. The van der Waals surface area contributed by atoms with Gasteiger partial charge < -0.3 is 0 Å². The number of hydrogen-bond acceptors (Lipinski definition) is 0. The summed E-state index contributed by atoms with van der Waals surface area (Å²) in [7, 11) is 0. The van der Waals surface area contributed by atoms with E-state index in [2.05, 4.69) is 38.1 Å². The van der Waals surface area contributed by atoms with E-state index in [4.69, 9.17) is 11.6 Å².